The molecule has 0 bridgehead atoms. The van der Waals surface area contributed by atoms with E-state index in [9.17, 15) is 0 Å². The number of anilines is 2. The van der Waals surface area contributed by atoms with Crippen molar-refractivity contribution < 1.29 is 0 Å². The minimum absolute atomic E-state index is 0.138. The van der Waals surface area contributed by atoms with E-state index in [-0.39, 0.29) is 6.17 Å². The highest BCUT2D eigenvalue weighted by atomic mass is 15.4. The Morgan fingerprint density at radius 1 is 0.500 bits per heavy atom. The van der Waals surface area contributed by atoms with Gasteiger partial charge in [0.2, 0.25) is 0 Å². The Labute approximate surface area is 176 Å². The van der Waals surface area contributed by atoms with Crippen LogP contribution in [0.25, 0.3) is 27.5 Å². The number of nitrogens with zero attached hydrogens (tertiary/aromatic N) is 3. The van der Waals surface area contributed by atoms with Crippen LogP contribution in [-0.2, 0) is 0 Å². The number of para-hydroxylation sites is 5. The second-order valence-corrected chi connectivity index (χ2v) is 8.01. The topological polar surface area (TPSA) is 11.4 Å². The Hall–Kier alpha value is -3.72. The summed E-state index contributed by atoms with van der Waals surface area (Å²) in [5.74, 6) is 0. The first kappa shape index (κ1) is 17.2. The van der Waals surface area contributed by atoms with Crippen LogP contribution < -0.4 is 9.80 Å². The van der Waals surface area contributed by atoms with Gasteiger partial charge in [0.25, 0.3) is 0 Å². The molecule has 0 unspecified atom stereocenters. The Balaban J connectivity index is 1.63. The van der Waals surface area contributed by atoms with E-state index < -0.39 is 0 Å². The lowest BCUT2D eigenvalue weighted by atomic mass is 10.1. The summed E-state index contributed by atoms with van der Waals surface area (Å²) in [4.78, 5) is 4.75. The van der Waals surface area contributed by atoms with Gasteiger partial charge in [-0.3, -0.25) is 0 Å². The van der Waals surface area contributed by atoms with Crippen molar-refractivity contribution in [2.75, 3.05) is 23.9 Å². The van der Waals surface area contributed by atoms with Crippen LogP contribution in [0.1, 0.15) is 11.7 Å². The van der Waals surface area contributed by atoms with Crippen molar-refractivity contribution >= 4 is 33.2 Å². The number of benzene rings is 4. The molecular formula is C27H23N3. The van der Waals surface area contributed by atoms with E-state index in [4.69, 9.17) is 0 Å². The Kier molecular flexibility index (Phi) is 3.66. The molecule has 146 valence electrons. The lowest BCUT2D eigenvalue weighted by Crippen LogP contribution is -2.31. The monoisotopic (exact) mass is 389 g/mol. The number of rotatable bonds is 2. The van der Waals surface area contributed by atoms with Crippen molar-refractivity contribution in [3.63, 3.8) is 0 Å². The van der Waals surface area contributed by atoms with Gasteiger partial charge < -0.3 is 14.4 Å². The molecule has 0 aliphatic carbocycles. The predicted molar refractivity (Wildman–Crippen MR) is 127 cm³/mol. The van der Waals surface area contributed by atoms with Crippen LogP contribution in [0.3, 0.4) is 0 Å². The largest absolute Gasteiger partial charge is 0.349 e. The molecule has 6 rings (SSSR count). The first-order valence-electron chi connectivity index (χ1n) is 10.4. The van der Waals surface area contributed by atoms with E-state index in [1.807, 2.05) is 0 Å². The maximum atomic E-state index is 2.42. The standard InChI is InChI=1S/C27H23N3/c1-28-25-17-9-10-18-26(25)29(2)27(28)21-13-5-8-16-24(21)30-22-14-6-3-11-19(22)20-12-4-7-15-23(20)30/h3-18,27H,1-2H3. The normalized spacial score (nSPS) is 14.1. The number of aromatic nitrogens is 1. The molecular weight excluding hydrogens is 366 g/mol. The van der Waals surface area contributed by atoms with Gasteiger partial charge in [0, 0.05) is 30.4 Å². The summed E-state index contributed by atoms with van der Waals surface area (Å²) >= 11 is 0. The van der Waals surface area contributed by atoms with Gasteiger partial charge in [-0.25, -0.2) is 0 Å². The summed E-state index contributed by atoms with van der Waals surface area (Å²) in [5.41, 5.74) is 7.54. The van der Waals surface area contributed by atoms with Gasteiger partial charge in [0.1, 0.15) is 6.17 Å². The molecule has 1 aliphatic heterocycles. The zero-order chi connectivity index (χ0) is 20.2. The summed E-state index contributed by atoms with van der Waals surface area (Å²) in [5, 5.41) is 2.58. The van der Waals surface area contributed by atoms with E-state index in [1.54, 1.807) is 0 Å². The molecule has 1 aromatic heterocycles. The number of hydrogen-bond acceptors (Lipinski definition) is 2. The second-order valence-electron chi connectivity index (χ2n) is 8.01. The third-order valence-corrected chi connectivity index (χ3v) is 6.41. The van der Waals surface area contributed by atoms with Crippen molar-refractivity contribution in [3.8, 4) is 5.69 Å². The fourth-order valence-corrected chi connectivity index (χ4v) is 5.09. The van der Waals surface area contributed by atoms with Crippen molar-refractivity contribution in [1.82, 2.24) is 4.57 Å². The predicted octanol–water partition coefficient (Wildman–Crippen LogP) is 6.37. The molecule has 3 heteroatoms. The Bertz CT molecular complexity index is 1320. The molecule has 1 aliphatic rings. The zero-order valence-electron chi connectivity index (χ0n) is 17.2. The first-order valence-corrected chi connectivity index (χ1v) is 10.4. The van der Waals surface area contributed by atoms with Gasteiger partial charge in [0.15, 0.2) is 0 Å². The quantitative estimate of drug-likeness (QED) is 0.348. The highest BCUT2D eigenvalue weighted by Gasteiger charge is 2.33. The van der Waals surface area contributed by atoms with Gasteiger partial charge in [-0.1, -0.05) is 66.7 Å². The van der Waals surface area contributed by atoms with Gasteiger partial charge in [0.05, 0.1) is 28.1 Å². The first-order chi connectivity index (χ1) is 14.8. The molecule has 0 radical (unpaired) electrons. The van der Waals surface area contributed by atoms with Crippen LogP contribution in [0.4, 0.5) is 11.4 Å². The molecule has 0 N–H and O–H groups in total. The average molecular weight is 390 g/mol. The highest BCUT2D eigenvalue weighted by molar-refractivity contribution is 6.09. The highest BCUT2D eigenvalue weighted by Crippen LogP contribution is 2.46. The van der Waals surface area contributed by atoms with Crippen molar-refractivity contribution in [2.45, 2.75) is 6.17 Å². The summed E-state index contributed by atoms with van der Waals surface area (Å²) in [6.45, 7) is 0. The molecule has 0 spiro atoms. The Morgan fingerprint density at radius 2 is 0.933 bits per heavy atom. The van der Waals surface area contributed by atoms with Crippen LogP contribution in [0.5, 0.6) is 0 Å². The minimum atomic E-state index is 0.138. The molecule has 2 heterocycles. The molecule has 30 heavy (non-hydrogen) atoms. The zero-order valence-corrected chi connectivity index (χ0v) is 17.2. The van der Waals surface area contributed by atoms with E-state index >= 15 is 0 Å². The summed E-state index contributed by atoms with van der Waals surface area (Å²) in [6.07, 6.45) is 0.138. The summed E-state index contributed by atoms with van der Waals surface area (Å²) in [6, 6.07) is 34.9. The smallest absolute Gasteiger partial charge is 0.130 e. The molecule has 0 saturated carbocycles. The van der Waals surface area contributed by atoms with Crippen LogP contribution in [0, 0.1) is 0 Å². The number of fused-ring (bicyclic) bond motifs is 4. The lowest BCUT2D eigenvalue weighted by molar-refractivity contribution is 0.691. The average Bonchev–Trinajstić information content (AvgIpc) is 3.26. The van der Waals surface area contributed by atoms with Gasteiger partial charge >= 0.3 is 0 Å². The Morgan fingerprint density at radius 3 is 1.50 bits per heavy atom. The van der Waals surface area contributed by atoms with Gasteiger partial charge in [-0.2, -0.15) is 0 Å². The molecule has 0 atom stereocenters. The minimum Gasteiger partial charge on any atom is -0.349 e. The molecule has 0 fully saturated rings. The molecule has 4 aromatic carbocycles. The second kappa shape index (κ2) is 6.39. The third kappa shape index (κ3) is 2.26. The summed E-state index contributed by atoms with van der Waals surface area (Å²) in [7, 11) is 4.38. The summed E-state index contributed by atoms with van der Waals surface area (Å²) < 4.78 is 2.42. The van der Waals surface area contributed by atoms with Crippen molar-refractivity contribution in [3.05, 3.63) is 103 Å². The molecule has 0 saturated heterocycles. The van der Waals surface area contributed by atoms with Crippen LogP contribution in [-0.4, -0.2) is 18.7 Å². The number of hydrogen-bond donors (Lipinski definition) is 0. The van der Waals surface area contributed by atoms with E-state index in [0.29, 0.717) is 0 Å². The molecule has 0 amide bonds. The third-order valence-electron chi connectivity index (χ3n) is 6.41. The van der Waals surface area contributed by atoms with Crippen molar-refractivity contribution in [2.24, 2.45) is 0 Å². The fraction of sp³-hybridized carbons (Fsp3) is 0.111. The fourth-order valence-electron chi connectivity index (χ4n) is 5.09. The van der Waals surface area contributed by atoms with Crippen LogP contribution in [0.2, 0.25) is 0 Å². The molecule has 3 nitrogen and oxygen atoms in total. The van der Waals surface area contributed by atoms with E-state index in [2.05, 4.69) is 126 Å². The lowest BCUT2D eigenvalue weighted by Gasteiger charge is -2.30. The maximum absolute atomic E-state index is 2.42. The molecule has 5 aromatic rings. The van der Waals surface area contributed by atoms with E-state index in [1.165, 1.54) is 44.4 Å². The van der Waals surface area contributed by atoms with Crippen LogP contribution in [0.15, 0.2) is 97.1 Å². The van der Waals surface area contributed by atoms with Gasteiger partial charge in [-0.05, 0) is 30.3 Å². The van der Waals surface area contributed by atoms with Gasteiger partial charge in [-0.15, -0.1) is 0 Å². The SMILES string of the molecule is CN1c2ccccc2N(C)C1c1ccccc1-n1c2ccccc2c2ccccc21. The van der Waals surface area contributed by atoms with Crippen LogP contribution >= 0.6 is 0 Å². The van der Waals surface area contributed by atoms with E-state index in [0.717, 1.165) is 0 Å². The van der Waals surface area contributed by atoms with Crippen molar-refractivity contribution in [1.29, 1.82) is 0 Å². The maximum Gasteiger partial charge on any atom is 0.130 e.